The Hall–Kier alpha value is -2.33. The second-order valence-electron chi connectivity index (χ2n) is 3.87. The van der Waals surface area contributed by atoms with Crippen LogP contribution in [0, 0.1) is 29.9 Å². The lowest BCUT2D eigenvalue weighted by Gasteiger charge is -1.98. The van der Waals surface area contributed by atoms with E-state index in [9.17, 15) is 14.0 Å². The Morgan fingerprint density at radius 3 is 2.79 bits per heavy atom. The summed E-state index contributed by atoms with van der Waals surface area (Å²) in [6.07, 6.45) is 0. The molecule has 94 valence electrons. The van der Waals surface area contributed by atoms with Gasteiger partial charge in [0.1, 0.15) is 16.8 Å². The van der Waals surface area contributed by atoms with E-state index in [0.717, 1.165) is 17.1 Å². The van der Waals surface area contributed by atoms with Crippen molar-refractivity contribution in [3.63, 3.8) is 0 Å². The van der Waals surface area contributed by atoms with Gasteiger partial charge in [0.15, 0.2) is 17.3 Å². The van der Waals surface area contributed by atoms with Crippen LogP contribution in [0.5, 0.6) is 0 Å². The minimum Gasteiger partial charge on any atom is -0.216 e. The molecule has 3 aromatic rings. The summed E-state index contributed by atoms with van der Waals surface area (Å²) in [6.45, 7) is 1.80. The van der Waals surface area contributed by atoms with Gasteiger partial charge < -0.3 is 0 Å². The predicted octanol–water partition coefficient (Wildman–Crippen LogP) is 2.92. The monoisotopic (exact) mass is 276 g/mol. The lowest BCUT2D eigenvalue weighted by Crippen LogP contribution is -1.92. The van der Waals surface area contributed by atoms with Gasteiger partial charge in [0.2, 0.25) is 4.96 Å². The van der Waals surface area contributed by atoms with E-state index in [4.69, 9.17) is 0 Å². The molecule has 3 rings (SSSR count). The van der Waals surface area contributed by atoms with Gasteiger partial charge in [-0.2, -0.15) is 14.9 Å². The van der Waals surface area contributed by atoms with Crippen LogP contribution in [0.2, 0.25) is 0 Å². The van der Waals surface area contributed by atoms with Crippen LogP contribution in [0.4, 0.5) is 8.78 Å². The smallest absolute Gasteiger partial charge is 0.213 e. The molecule has 19 heavy (non-hydrogen) atoms. The van der Waals surface area contributed by atoms with Crippen molar-refractivity contribution in [3.8, 4) is 17.3 Å². The minimum atomic E-state index is -0.970. The van der Waals surface area contributed by atoms with Gasteiger partial charge in [-0.15, -0.1) is 0 Å². The van der Waals surface area contributed by atoms with Gasteiger partial charge in [-0.3, -0.25) is 0 Å². The maximum Gasteiger partial charge on any atom is 0.213 e. The molecule has 0 radical (unpaired) electrons. The van der Waals surface area contributed by atoms with Crippen molar-refractivity contribution in [1.82, 2.24) is 14.6 Å². The fraction of sp³-hybridized carbons (Fsp3) is 0.0833. The number of rotatable bonds is 1. The summed E-state index contributed by atoms with van der Waals surface area (Å²) in [5.74, 6) is -1.90. The lowest BCUT2D eigenvalue weighted by molar-refractivity contribution is 0.509. The van der Waals surface area contributed by atoms with E-state index in [1.165, 1.54) is 21.9 Å². The van der Waals surface area contributed by atoms with Crippen molar-refractivity contribution < 1.29 is 8.78 Å². The topological polar surface area (TPSA) is 54.0 Å². The Bertz CT molecular complexity index is 828. The molecular weight excluding hydrogens is 270 g/mol. The maximum absolute atomic E-state index is 13.2. The molecule has 0 aliphatic rings. The molecule has 0 aliphatic heterocycles. The molecule has 0 amide bonds. The summed E-state index contributed by atoms with van der Waals surface area (Å²) in [7, 11) is 0. The molecule has 0 aliphatic carbocycles. The maximum atomic E-state index is 13.2. The Balaban J connectivity index is 2.27. The summed E-state index contributed by atoms with van der Waals surface area (Å²) in [5, 5.41) is 14.1. The van der Waals surface area contributed by atoms with Gasteiger partial charge in [-0.1, -0.05) is 11.3 Å². The summed E-state index contributed by atoms with van der Waals surface area (Å²) in [6, 6.07) is 5.42. The van der Waals surface area contributed by atoms with Crippen LogP contribution in [0.15, 0.2) is 18.2 Å². The summed E-state index contributed by atoms with van der Waals surface area (Å²) in [5.41, 5.74) is 0.872. The van der Waals surface area contributed by atoms with E-state index in [-0.39, 0.29) is 5.69 Å². The number of nitriles is 1. The van der Waals surface area contributed by atoms with Crippen molar-refractivity contribution in [2.45, 2.75) is 6.92 Å². The predicted molar refractivity (Wildman–Crippen MR) is 65.7 cm³/mol. The van der Waals surface area contributed by atoms with Gasteiger partial charge in [0, 0.05) is 5.56 Å². The Morgan fingerprint density at radius 1 is 1.32 bits per heavy atom. The zero-order valence-electron chi connectivity index (χ0n) is 9.69. The standard InChI is InChI=1S/C12H6F2N4S/c1-6-17-18-10(5-15)11(16-12(18)19-6)7-2-3-8(13)9(14)4-7/h2-4H,1H3. The molecule has 0 atom stereocenters. The number of fused-ring (bicyclic) bond motifs is 1. The molecule has 7 heteroatoms. The van der Waals surface area contributed by atoms with Gasteiger partial charge in [0.25, 0.3) is 0 Å². The second kappa shape index (κ2) is 4.10. The van der Waals surface area contributed by atoms with Crippen LogP contribution >= 0.6 is 11.3 Å². The molecule has 2 heterocycles. The second-order valence-corrected chi connectivity index (χ2v) is 5.03. The number of aryl methyl sites for hydroxylation is 1. The number of hydrogen-bond acceptors (Lipinski definition) is 4. The Labute approximate surface area is 110 Å². The van der Waals surface area contributed by atoms with Crippen LogP contribution in [0.1, 0.15) is 10.7 Å². The van der Waals surface area contributed by atoms with Crippen molar-refractivity contribution in [2.24, 2.45) is 0 Å². The number of nitrogens with zero attached hydrogens (tertiary/aromatic N) is 4. The minimum absolute atomic E-state index is 0.213. The molecule has 0 saturated carbocycles. The van der Waals surface area contributed by atoms with Crippen LogP contribution in [-0.4, -0.2) is 14.6 Å². The van der Waals surface area contributed by atoms with E-state index in [1.807, 2.05) is 6.07 Å². The molecular formula is C12H6F2N4S. The van der Waals surface area contributed by atoms with Crippen LogP contribution in [0.3, 0.4) is 0 Å². The highest BCUT2D eigenvalue weighted by Gasteiger charge is 2.17. The molecule has 0 N–H and O–H groups in total. The van der Waals surface area contributed by atoms with Gasteiger partial charge in [-0.25, -0.2) is 13.8 Å². The largest absolute Gasteiger partial charge is 0.216 e. The van der Waals surface area contributed by atoms with Gasteiger partial charge >= 0.3 is 0 Å². The molecule has 4 nitrogen and oxygen atoms in total. The SMILES string of the molecule is Cc1nn2c(C#N)c(-c3ccc(F)c(F)c3)nc2s1. The van der Waals surface area contributed by atoms with E-state index < -0.39 is 11.6 Å². The zero-order valence-corrected chi connectivity index (χ0v) is 10.5. The summed E-state index contributed by atoms with van der Waals surface area (Å²) in [4.78, 5) is 4.80. The Morgan fingerprint density at radius 2 is 2.11 bits per heavy atom. The highest BCUT2D eigenvalue weighted by Crippen LogP contribution is 2.27. The number of halogens is 2. The normalized spacial score (nSPS) is 10.8. The number of hydrogen-bond donors (Lipinski definition) is 0. The van der Waals surface area contributed by atoms with Crippen LogP contribution in [-0.2, 0) is 0 Å². The molecule has 0 saturated heterocycles. The fourth-order valence-electron chi connectivity index (χ4n) is 1.79. The summed E-state index contributed by atoms with van der Waals surface area (Å²) < 4.78 is 27.6. The highest BCUT2D eigenvalue weighted by molar-refractivity contribution is 7.16. The first-order valence-corrected chi connectivity index (χ1v) is 6.13. The molecule has 0 unspecified atom stereocenters. The first-order chi connectivity index (χ1) is 9.10. The molecule has 2 aromatic heterocycles. The number of imidazole rings is 1. The molecule has 0 fully saturated rings. The summed E-state index contributed by atoms with van der Waals surface area (Å²) >= 11 is 1.33. The van der Waals surface area contributed by atoms with E-state index in [0.29, 0.717) is 16.2 Å². The lowest BCUT2D eigenvalue weighted by atomic mass is 10.1. The Kier molecular flexibility index (Phi) is 2.54. The van der Waals surface area contributed by atoms with Gasteiger partial charge in [0.05, 0.1) is 0 Å². The average molecular weight is 276 g/mol. The van der Waals surface area contributed by atoms with Crippen LogP contribution < -0.4 is 0 Å². The quantitative estimate of drug-likeness (QED) is 0.686. The zero-order chi connectivity index (χ0) is 13.6. The van der Waals surface area contributed by atoms with Gasteiger partial charge in [-0.05, 0) is 25.1 Å². The third-order valence-electron chi connectivity index (χ3n) is 2.60. The van der Waals surface area contributed by atoms with Crippen molar-refractivity contribution >= 4 is 16.3 Å². The first kappa shape index (κ1) is 11.7. The third kappa shape index (κ3) is 1.77. The molecule has 0 spiro atoms. The number of aromatic nitrogens is 3. The van der Waals surface area contributed by atoms with Crippen molar-refractivity contribution in [3.05, 3.63) is 40.5 Å². The third-order valence-corrected chi connectivity index (χ3v) is 3.43. The highest BCUT2D eigenvalue weighted by atomic mass is 32.1. The average Bonchev–Trinajstić information content (AvgIpc) is 2.88. The molecule has 0 bridgehead atoms. The van der Waals surface area contributed by atoms with Crippen molar-refractivity contribution in [1.29, 1.82) is 5.26 Å². The van der Waals surface area contributed by atoms with Crippen molar-refractivity contribution in [2.75, 3.05) is 0 Å². The van der Waals surface area contributed by atoms with Crippen LogP contribution in [0.25, 0.3) is 16.2 Å². The van der Waals surface area contributed by atoms with E-state index >= 15 is 0 Å². The van der Waals surface area contributed by atoms with E-state index in [1.54, 1.807) is 6.92 Å². The first-order valence-electron chi connectivity index (χ1n) is 5.32. The fourth-order valence-corrected chi connectivity index (χ4v) is 2.53. The van der Waals surface area contributed by atoms with E-state index in [2.05, 4.69) is 10.1 Å². The molecule has 1 aromatic carbocycles. The number of benzene rings is 1.